The molecule has 1 saturated heterocycles. The van der Waals surface area contributed by atoms with Crippen molar-refractivity contribution < 1.29 is 18.0 Å². The number of benzene rings is 1. The predicted octanol–water partition coefficient (Wildman–Crippen LogP) is 2.19. The van der Waals surface area contributed by atoms with Crippen LogP contribution in [0.1, 0.15) is 32.6 Å². The molecule has 162 valence electrons. The Morgan fingerprint density at radius 1 is 1.07 bits per heavy atom. The number of thiophene rings is 1. The van der Waals surface area contributed by atoms with Gasteiger partial charge >= 0.3 is 0 Å². The van der Waals surface area contributed by atoms with Crippen LogP contribution in [-0.2, 0) is 21.2 Å². The van der Waals surface area contributed by atoms with Gasteiger partial charge in [0.05, 0.1) is 16.3 Å². The maximum Gasteiger partial charge on any atom is 0.261 e. The van der Waals surface area contributed by atoms with E-state index in [2.05, 4.69) is 5.32 Å². The average molecular weight is 450 g/mol. The molecule has 30 heavy (non-hydrogen) atoms. The molecule has 2 heterocycles. The van der Waals surface area contributed by atoms with Gasteiger partial charge in [0.2, 0.25) is 15.9 Å². The van der Waals surface area contributed by atoms with Crippen molar-refractivity contribution in [2.75, 3.05) is 32.7 Å². The number of hydrogen-bond donors (Lipinski definition) is 1. The van der Waals surface area contributed by atoms with E-state index < -0.39 is 10.0 Å². The standard InChI is InChI=1S/C21H27N3O4S2/c1-4-18-16(3)13-19(29-18)21(26)22-14-20(25)23-9-11-24(12-10-23)30(27,28)17-7-5-15(2)6-8-17/h5-8,13H,4,9-12,14H2,1-3H3,(H,22,26). The molecule has 1 aliphatic rings. The molecule has 0 unspecified atom stereocenters. The van der Waals surface area contributed by atoms with Gasteiger partial charge in [-0.3, -0.25) is 9.59 Å². The number of amides is 2. The van der Waals surface area contributed by atoms with E-state index in [9.17, 15) is 18.0 Å². The minimum absolute atomic E-state index is 0.0953. The summed E-state index contributed by atoms with van der Waals surface area (Å²) >= 11 is 1.45. The Kier molecular flexibility index (Phi) is 6.95. The van der Waals surface area contributed by atoms with Crippen molar-refractivity contribution in [3.05, 3.63) is 51.2 Å². The van der Waals surface area contributed by atoms with E-state index in [-0.39, 0.29) is 36.3 Å². The molecule has 9 heteroatoms. The molecule has 0 radical (unpaired) electrons. The first-order valence-corrected chi connectivity index (χ1v) is 12.2. The second-order valence-corrected chi connectivity index (χ2v) is 10.4. The van der Waals surface area contributed by atoms with Gasteiger partial charge in [0, 0.05) is 31.1 Å². The third-order valence-corrected chi connectivity index (χ3v) is 8.51. The number of rotatable bonds is 6. The highest BCUT2D eigenvalue weighted by atomic mass is 32.2. The molecule has 0 atom stereocenters. The van der Waals surface area contributed by atoms with Crippen molar-refractivity contribution >= 4 is 33.2 Å². The third kappa shape index (κ3) is 4.91. The zero-order valence-corrected chi connectivity index (χ0v) is 19.1. The van der Waals surface area contributed by atoms with Crippen LogP contribution in [0.4, 0.5) is 0 Å². The number of piperazine rings is 1. The van der Waals surface area contributed by atoms with Gasteiger partial charge in [0.15, 0.2) is 0 Å². The molecule has 1 aliphatic heterocycles. The summed E-state index contributed by atoms with van der Waals surface area (Å²) in [7, 11) is -3.57. The van der Waals surface area contributed by atoms with Crippen LogP contribution in [0.25, 0.3) is 0 Å². The van der Waals surface area contributed by atoms with Gasteiger partial charge in [-0.1, -0.05) is 24.6 Å². The van der Waals surface area contributed by atoms with Gasteiger partial charge in [0.25, 0.3) is 5.91 Å². The maximum absolute atomic E-state index is 12.8. The first-order chi connectivity index (χ1) is 14.2. The summed E-state index contributed by atoms with van der Waals surface area (Å²) in [6.45, 7) is 6.91. The minimum Gasteiger partial charge on any atom is -0.342 e. The molecule has 1 aromatic carbocycles. The molecule has 1 aromatic heterocycles. The number of carbonyl (C=O) groups excluding carboxylic acids is 2. The van der Waals surface area contributed by atoms with Gasteiger partial charge in [-0.05, 0) is 44.0 Å². The van der Waals surface area contributed by atoms with Crippen molar-refractivity contribution in [3.63, 3.8) is 0 Å². The fourth-order valence-corrected chi connectivity index (χ4v) is 5.83. The van der Waals surface area contributed by atoms with Crippen molar-refractivity contribution in [1.82, 2.24) is 14.5 Å². The molecule has 0 bridgehead atoms. The van der Waals surface area contributed by atoms with Crippen LogP contribution >= 0.6 is 11.3 Å². The Labute approximate surface area is 181 Å². The zero-order valence-electron chi connectivity index (χ0n) is 17.5. The SMILES string of the molecule is CCc1sc(C(=O)NCC(=O)N2CCN(S(=O)(=O)c3ccc(C)cc3)CC2)cc1C. The van der Waals surface area contributed by atoms with Gasteiger partial charge < -0.3 is 10.2 Å². The Balaban J connectivity index is 1.52. The Hall–Kier alpha value is -2.23. The van der Waals surface area contributed by atoms with E-state index in [1.807, 2.05) is 26.8 Å². The summed E-state index contributed by atoms with van der Waals surface area (Å²) in [6.07, 6.45) is 0.873. The van der Waals surface area contributed by atoms with Crippen LogP contribution in [0.15, 0.2) is 35.2 Å². The number of aryl methyl sites for hydroxylation is 3. The monoisotopic (exact) mass is 449 g/mol. The second-order valence-electron chi connectivity index (χ2n) is 7.35. The third-order valence-electron chi connectivity index (χ3n) is 5.22. The normalized spacial score (nSPS) is 15.2. The van der Waals surface area contributed by atoms with E-state index in [1.54, 1.807) is 29.2 Å². The maximum atomic E-state index is 12.8. The van der Waals surface area contributed by atoms with E-state index in [0.29, 0.717) is 18.0 Å². The van der Waals surface area contributed by atoms with E-state index in [1.165, 1.54) is 15.6 Å². The number of nitrogens with zero attached hydrogens (tertiary/aromatic N) is 2. The highest BCUT2D eigenvalue weighted by Gasteiger charge is 2.30. The van der Waals surface area contributed by atoms with E-state index in [4.69, 9.17) is 0 Å². The number of nitrogens with one attached hydrogen (secondary N) is 1. The lowest BCUT2D eigenvalue weighted by molar-refractivity contribution is -0.131. The number of sulfonamides is 1. The lowest BCUT2D eigenvalue weighted by Crippen LogP contribution is -2.52. The molecule has 0 aliphatic carbocycles. The largest absolute Gasteiger partial charge is 0.342 e. The van der Waals surface area contributed by atoms with Gasteiger partial charge in [0.1, 0.15) is 0 Å². The van der Waals surface area contributed by atoms with Crippen LogP contribution in [0, 0.1) is 13.8 Å². The number of carbonyl (C=O) groups is 2. The first kappa shape index (κ1) is 22.5. The second kappa shape index (κ2) is 9.28. The Morgan fingerprint density at radius 2 is 1.70 bits per heavy atom. The van der Waals surface area contributed by atoms with Crippen molar-refractivity contribution in [3.8, 4) is 0 Å². The van der Waals surface area contributed by atoms with Crippen LogP contribution in [-0.4, -0.2) is 62.2 Å². The van der Waals surface area contributed by atoms with E-state index in [0.717, 1.165) is 22.4 Å². The summed E-state index contributed by atoms with van der Waals surface area (Å²) in [4.78, 5) is 28.4. The molecule has 0 saturated carbocycles. The molecule has 3 rings (SSSR count). The molecule has 7 nitrogen and oxygen atoms in total. The highest BCUT2D eigenvalue weighted by Crippen LogP contribution is 2.22. The number of hydrogen-bond acceptors (Lipinski definition) is 5. The summed E-state index contributed by atoms with van der Waals surface area (Å²) in [5, 5.41) is 2.68. The Bertz CT molecular complexity index is 1020. The zero-order chi connectivity index (χ0) is 21.9. The molecule has 2 aromatic rings. The van der Waals surface area contributed by atoms with E-state index >= 15 is 0 Å². The molecule has 1 fully saturated rings. The summed E-state index contributed by atoms with van der Waals surface area (Å²) in [6, 6.07) is 8.60. The highest BCUT2D eigenvalue weighted by molar-refractivity contribution is 7.89. The molecular formula is C21H27N3O4S2. The van der Waals surface area contributed by atoms with Crippen LogP contribution in [0.2, 0.25) is 0 Å². The smallest absolute Gasteiger partial charge is 0.261 e. The topological polar surface area (TPSA) is 86.8 Å². The fraction of sp³-hybridized carbons (Fsp3) is 0.429. The van der Waals surface area contributed by atoms with Gasteiger partial charge in [-0.15, -0.1) is 11.3 Å². The molecule has 2 amide bonds. The van der Waals surface area contributed by atoms with Crippen molar-refractivity contribution in [2.45, 2.75) is 32.1 Å². The molecule has 1 N–H and O–H groups in total. The van der Waals surface area contributed by atoms with Crippen molar-refractivity contribution in [1.29, 1.82) is 0 Å². The van der Waals surface area contributed by atoms with Gasteiger partial charge in [-0.25, -0.2) is 8.42 Å². The van der Waals surface area contributed by atoms with Crippen LogP contribution < -0.4 is 5.32 Å². The fourth-order valence-electron chi connectivity index (χ4n) is 3.37. The summed E-state index contributed by atoms with van der Waals surface area (Å²) in [5.41, 5.74) is 2.08. The minimum atomic E-state index is -3.57. The predicted molar refractivity (Wildman–Crippen MR) is 117 cm³/mol. The summed E-state index contributed by atoms with van der Waals surface area (Å²) < 4.78 is 26.9. The lowest BCUT2D eigenvalue weighted by Gasteiger charge is -2.34. The quantitative estimate of drug-likeness (QED) is 0.732. The van der Waals surface area contributed by atoms with Gasteiger partial charge in [-0.2, -0.15) is 4.31 Å². The first-order valence-electron chi connectivity index (χ1n) is 9.94. The molecule has 0 spiro atoms. The van der Waals surface area contributed by atoms with Crippen LogP contribution in [0.3, 0.4) is 0 Å². The lowest BCUT2D eigenvalue weighted by atomic mass is 10.2. The average Bonchev–Trinajstić information content (AvgIpc) is 3.13. The van der Waals surface area contributed by atoms with Crippen LogP contribution in [0.5, 0.6) is 0 Å². The summed E-state index contributed by atoms with van der Waals surface area (Å²) in [5.74, 6) is -0.462. The van der Waals surface area contributed by atoms with Crippen molar-refractivity contribution in [2.24, 2.45) is 0 Å². The Morgan fingerprint density at radius 3 is 2.27 bits per heavy atom. The molecular weight excluding hydrogens is 422 g/mol.